The van der Waals surface area contributed by atoms with Crippen LogP contribution in [0.25, 0.3) is 0 Å². The number of primary sulfonamides is 1. The third-order valence-corrected chi connectivity index (χ3v) is 7.86. The highest BCUT2D eigenvalue weighted by Crippen LogP contribution is 2.16. The number of carbonyl (C=O) groups excluding carboxylic acids is 1. The summed E-state index contributed by atoms with van der Waals surface area (Å²) in [5, 5.41) is 19.2. The first-order chi connectivity index (χ1) is 19.6. The van der Waals surface area contributed by atoms with Crippen LogP contribution in [0.5, 0.6) is 0 Å². The molecule has 0 radical (unpaired) electrons. The predicted octanol–water partition coefficient (Wildman–Crippen LogP) is 2.71. The van der Waals surface area contributed by atoms with Gasteiger partial charge in [0.1, 0.15) is 16.8 Å². The smallest absolute Gasteiger partial charge is 0.323 e. The maximum atomic E-state index is 12.6. The Bertz CT molecular complexity index is 1440. The van der Waals surface area contributed by atoms with Crippen LogP contribution in [0.15, 0.2) is 82.6 Å². The van der Waals surface area contributed by atoms with Crippen LogP contribution in [0.3, 0.4) is 0 Å². The molecule has 1 atom stereocenters. The molecule has 220 valence electrons. The number of nitrogens with zero attached hydrogens (tertiary/aromatic N) is 1. The largest absolute Gasteiger partial charge is 0.383 e. The molecule has 0 aromatic heterocycles. The molecule has 0 saturated carbocycles. The number of nitrogens with one attached hydrogen (secondary N) is 4. The summed E-state index contributed by atoms with van der Waals surface area (Å²) in [5.41, 5.74) is 2.38. The van der Waals surface area contributed by atoms with Crippen LogP contribution in [-0.4, -0.2) is 69.9 Å². The van der Waals surface area contributed by atoms with Gasteiger partial charge in [-0.05, 0) is 54.1 Å². The summed E-state index contributed by atoms with van der Waals surface area (Å²) in [6.07, 6.45) is 0. The lowest BCUT2D eigenvalue weighted by Crippen LogP contribution is -2.36. The van der Waals surface area contributed by atoms with E-state index < -0.39 is 27.0 Å². The zero-order valence-corrected chi connectivity index (χ0v) is 24.4. The second kappa shape index (κ2) is 15.4. The molecule has 0 bridgehead atoms. The molecule has 12 nitrogen and oxygen atoms in total. The lowest BCUT2D eigenvalue weighted by atomic mass is 10.1. The molecule has 0 aliphatic carbocycles. The van der Waals surface area contributed by atoms with Crippen LogP contribution in [0.1, 0.15) is 11.1 Å². The molecule has 0 fully saturated rings. The fourth-order valence-corrected chi connectivity index (χ4v) is 5.01. The van der Waals surface area contributed by atoms with Crippen molar-refractivity contribution in [3.05, 3.63) is 83.9 Å². The van der Waals surface area contributed by atoms with Gasteiger partial charge in [-0.15, -0.1) is 0 Å². The minimum atomic E-state index is -3.77. The number of amides is 2. The van der Waals surface area contributed by atoms with Gasteiger partial charge in [0.2, 0.25) is 10.0 Å². The molecular formula is C27H34N6O6S2. The van der Waals surface area contributed by atoms with Crippen molar-refractivity contribution in [2.75, 3.05) is 51.2 Å². The van der Waals surface area contributed by atoms with E-state index in [1.54, 1.807) is 74.9 Å². The van der Waals surface area contributed by atoms with Crippen molar-refractivity contribution in [3.8, 4) is 0 Å². The molecule has 0 aliphatic heterocycles. The van der Waals surface area contributed by atoms with Gasteiger partial charge >= 0.3 is 6.03 Å². The number of anilines is 2. The summed E-state index contributed by atoms with van der Waals surface area (Å²) in [7, 11) is -2.10. The Balaban J connectivity index is 1.54. The monoisotopic (exact) mass is 602 g/mol. The van der Waals surface area contributed by atoms with E-state index in [1.165, 1.54) is 12.1 Å². The van der Waals surface area contributed by atoms with Crippen LogP contribution in [-0.2, 0) is 37.0 Å². The fourth-order valence-electron chi connectivity index (χ4n) is 3.65. The second-order valence-electron chi connectivity index (χ2n) is 8.78. The SMILES string of the molecule is COCCN(CCOC)C(=N)c1cccc(NC(=O)Nc2ccc(S(=O)NCc3ccc(S(N)(=O)=O)cc3)cc2)c1. The third kappa shape index (κ3) is 10.0. The molecule has 41 heavy (non-hydrogen) atoms. The molecule has 0 spiro atoms. The van der Waals surface area contributed by atoms with Crippen molar-refractivity contribution < 1.29 is 26.9 Å². The zero-order chi connectivity index (χ0) is 29.8. The molecule has 3 aromatic rings. The average Bonchev–Trinajstić information content (AvgIpc) is 2.96. The normalized spacial score (nSPS) is 12.0. The minimum absolute atomic E-state index is 0.00390. The van der Waals surface area contributed by atoms with Crippen molar-refractivity contribution in [1.82, 2.24) is 9.62 Å². The van der Waals surface area contributed by atoms with Crippen LogP contribution >= 0.6 is 0 Å². The Hall–Kier alpha value is -3.66. The average molecular weight is 603 g/mol. The highest BCUT2D eigenvalue weighted by molar-refractivity contribution is 7.89. The van der Waals surface area contributed by atoms with E-state index in [0.29, 0.717) is 54.0 Å². The maximum absolute atomic E-state index is 12.6. The highest BCUT2D eigenvalue weighted by Gasteiger charge is 2.13. The minimum Gasteiger partial charge on any atom is -0.383 e. The van der Waals surface area contributed by atoms with E-state index in [-0.39, 0.29) is 11.4 Å². The summed E-state index contributed by atoms with van der Waals surface area (Å²) in [5.74, 6) is 0.292. The third-order valence-electron chi connectivity index (χ3n) is 5.83. The van der Waals surface area contributed by atoms with Crippen molar-refractivity contribution in [2.45, 2.75) is 16.3 Å². The van der Waals surface area contributed by atoms with Crippen molar-refractivity contribution in [3.63, 3.8) is 0 Å². The number of ether oxygens (including phenoxy) is 2. The summed E-state index contributed by atoms with van der Waals surface area (Å²) < 4.78 is 48.5. The van der Waals surface area contributed by atoms with Gasteiger partial charge in [-0.3, -0.25) is 5.41 Å². The first kappa shape index (κ1) is 31.9. The number of carbonyl (C=O) groups is 1. The molecular weight excluding hydrogens is 568 g/mol. The quantitative estimate of drug-likeness (QED) is 0.139. The van der Waals surface area contributed by atoms with Crippen molar-refractivity contribution in [2.24, 2.45) is 5.14 Å². The highest BCUT2D eigenvalue weighted by atomic mass is 32.2. The van der Waals surface area contributed by atoms with Gasteiger partial charge in [0, 0.05) is 50.8 Å². The van der Waals surface area contributed by atoms with Crippen LogP contribution in [0.2, 0.25) is 0 Å². The van der Waals surface area contributed by atoms with E-state index in [1.807, 2.05) is 4.90 Å². The Morgan fingerprint density at radius 2 is 1.54 bits per heavy atom. The Labute approximate surface area is 242 Å². The number of benzene rings is 3. The van der Waals surface area contributed by atoms with Gasteiger partial charge < -0.3 is 25.0 Å². The number of rotatable bonds is 14. The number of nitrogens with two attached hydrogens (primary N) is 1. The first-order valence-corrected chi connectivity index (χ1v) is 15.2. The lowest BCUT2D eigenvalue weighted by molar-refractivity contribution is 0.146. The maximum Gasteiger partial charge on any atom is 0.323 e. The number of hydrogen-bond acceptors (Lipinski definition) is 7. The van der Waals surface area contributed by atoms with Gasteiger partial charge in [0.15, 0.2) is 0 Å². The molecule has 1 unspecified atom stereocenters. The van der Waals surface area contributed by atoms with Gasteiger partial charge in [-0.2, -0.15) is 0 Å². The van der Waals surface area contributed by atoms with Gasteiger partial charge in [-0.1, -0.05) is 24.3 Å². The topological polar surface area (TPSA) is 176 Å². The van der Waals surface area contributed by atoms with Crippen LogP contribution in [0, 0.1) is 5.41 Å². The van der Waals surface area contributed by atoms with Gasteiger partial charge in [0.05, 0.1) is 23.0 Å². The summed E-state index contributed by atoms with van der Waals surface area (Å²) >= 11 is 0. The zero-order valence-electron chi connectivity index (χ0n) is 22.8. The fraction of sp³-hybridized carbons (Fsp3) is 0.259. The molecule has 3 aromatic carbocycles. The molecule has 14 heteroatoms. The summed E-state index contributed by atoms with van der Waals surface area (Å²) in [6, 6.07) is 19.0. The Kier molecular flexibility index (Phi) is 11.9. The molecule has 0 heterocycles. The molecule has 2 amide bonds. The molecule has 0 saturated heterocycles. The first-order valence-electron chi connectivity index (χ1n) is 12.5. The second-order valence-corrected chi connectivity index (χ2v) is 11.6. The van der Waals surface area contributed by atoms with Gasteiger partial charge in [-0.25, -0.2) is 27.3 Å². The van der Waals surface area contributed by atoms with E-state index in [2.05, 4.69) is 15.4 Å². The molecule has 3 rings (SSSR count). The van der Waals surface area contributed by atoms with E-state index in [4.69, 9.17) is 20.0 Å². The predicted molar refractivity (Wildman–Crippen MR) is 159 cm³/mol. The Morgan fingerprint density at radius 1 is 0.927 bits per heavy atom. The summed E-state index contributed by atoms with van der Waals surface area (Å²) in [4.78, 5) is 14.9. The van der Waals surface area contributed by atoms with Gasteiger partial charge in [0.25, 0.3) is 0 Å². The van der Waals surface area contributed by atoms with Crippen LogP contribution < -0.4 is 20.5 Å². The molecule has 0 aliphatic rings. The number of sulfonamides is 1. The number of hydrogen-bond donors (Lipinski definition) is 5. The molecule has 6 N–H and O–H groups in total. The standard InChI is InChI=1S/C27H34N6O6S2/c1-38-16-14-33(15-17-39-2)26(28)21-4-3-5-23(18-21)32-27(34)31-22-8-10-24(11-9-22)40(35)30-19-20-6-12-25(13-7-20)41(29,36)37/h3-13,18,28,30H,14-17,19H2,1-2H3,(H2,29,36,37)(H2,31,32,34). The summed E-state index contributed by atoms with van der Waals surface area (Å²) in [6.45, 7) is 2.23. The Morgan fingerprint density at radius 3 is 2.12 bits per heavy atom. The number of methoxy groups -OCH3 is 2. The van der Waals surface area contributed by atoms with Crippen LogP contribution in [0.4, 0.5) is 16.2 Å². The van der Waals surface area contributed by atoms with E-state index in [0.717, 1.165) is 5.56 Å². The number of urea groups is 1. The van der Waals surface area contributed by atoms with Crippen molar-refractivity contribution in [1.29, 1.82) is 5.41 Å². The van der Waals surface area contributed by atoms with E-state index >= 15 is 0 Å². The van der Waals surface area contributed by atoms with E-state index in [9.17, 15) is 17.4 Å². The lowest BCUT2D eigenvalue weighted by Gasteiger charge is -2.25. The van der Waals surface area contributed by atoms with Crippen molar-refractivity contribution >= 4 is 44.3 Å². The number of amidine groups is 1.